The highest BCUT2D eigenvalue weighted by Crippen LogP contribution is 2.41. The van der Waals surface area contributed by atoms with Gasteiger partial charge in [0.25, 0.3) is 0 Å². The van der Waals surface area contributed by atoms with E-state index in [0.29, 0.717) is 12.5 Å². The molecule has 0 spiro atoms. The molecule has 1 N–H and O–H groups in total. The minimum Gasteiger partial charge on any atom is -0.309 e. The number of halogens is 1. The molecule has 0 aliphatic heterocycles. The van der Waals surface area contributed by atoms with Crippen molar-refractivity contribution in [2.75, 3.05) is 6.54 Å². The molecule has 0 aromatic heterocycles. The summed E-state index contributed by atoms with van der Waals surface area (Å²) in [5.41, 5.74) is 1.28. The Bertz CT molecular complexity index is 376. The summed E-state index contributed by atoms with van der Waals surface area (Å²) < 4.78 is 0. The van der Waals surface area contributed by atoms with E-state index in [0.717, 1.165) is 17.5 Å². The monoisotopic (exact) mass is 234 g/mol. The van der Waals surface area contributed by atoms with Gasteiger partial charge in [0.2, 0.25) is 0 Å². The molecule has 0 bridgehead atoms. The largest absolute Gasteiger partial charge is 0.309 e. The minimum atomic E-state index is 0.394. The van der Waals surface area contributed by atoms with Gasteiger partial charge in [0.15, 0.2) is 0 Å². The highest BCUT2D eigenvalue weighted by Gasteiger charge is 2.31. The minimum absolute atomic E-state index is 0.394. The summed E-state index contributed by atoms with van der Waals surface area (Å²) >= 11 is 5.87. The Labute approximate surface area is 101 Å². The molecule has 0 amide bonds. The van der Waals surface area contributed by atoms with E-state index in [4.69, 9.17) is 16.9 Å². The van der Waals surface area contributed by atoms with Crippen LogP contribution in [0.25, 0.3) is 0 Å². The van der Waals surface area contributed by atoms with E-state index >= 15 is 0 Å². The fourth-order valence-electron chi connectivity index (χ4n) is 1.94. The van der Waals surface area contributed by atoms with E-state index < -0.39 is 0 Å². The van der Waals surface area contributed by atoms with Crippen LogP contribution in [0.15, 0.2) is 24.3 Å². The molecule has 1 aromatic rings. The van der Waals surface area contributed by atoms with Gasteiger partial charge >= 0.3 is 0 Å². The molecule has 2 rings (SSSR count). The summed E-state index contributed by atoms with van der Waals surface area (Å²) in [5.74, 6) is 0.736. The van der Waals surface area contributed by atoms with Crippen LogP contribution in [-0.2, 0) is 0 Å². The lowest BCUT2D eigenvalue weighted by Gasteiger charge is -2.18. The van der Waals surface area contributed by atoms with Crippen molar-refractivity contribution in [1.82, 2.24) is 5.32 Å². The van der Waals surface area contributed by atoms with Gasteiger partial charge in [-0.25, -0.2) is 0 Å². The van der Waals surface area contributed by atoms with Crippen molar-refractivity contribution in [3.63, 3.8) is 0 Å². The van der Waals surface area contributed by atoms with Crippen LogP contribution >= 0.6 is 11.6 Å². The quantitative estimate of drug-likeness (QED) is 0.794. The van der Waals surface area contributed by atoms with E-state index in [1.807, 2.05) is 12.1 Å². The zero-order valence-electron chi connectivity index (χ0n) is 9.12. The van der Waals surface area contributed by atoms with Gasteiger partial charge in [-0.2, -0.15) is 5.26 Å². The average Bonchev–Trinajstić information content (AvgIpc) is 3.10. The van der Waals surface area contributed by atoms with Crippen LogP contribution < -0.4 is 5.32 Å². The van der Waals surface area contributed by atoms with Crippen LogP contribution in [0, 0.1) is 17.2 Å². The number of hydrogen-bond donors (Lipinski definition) is 1. The predicted molar refractivity (Wildman–Crippen MR) is 65.1 cm³/mol. The summed E-state index contributed by atoms with van der Waals surface area (Å²) in [4.78, 5) is 0. The Morgan fingerprint density at radius 2 is 2.06 bits per heavy atom. The zero-order chi connectivity index (χ0) is 11.4. The van der Waals surface area contributed by atoms with Gasteiger partial charge in [0, 0.05) is 24.0 Å². The Kier molecular flexibility index (Phi) is 3.82. The maximum atomic E-state index is 8.53. The van der Waals surface area contributed by atoms with Crippen LogP contribution in [-0.4, -0.2) is 6.54 Å². The van der Waals surface area contributed by atoms with Crippen molar-refractivity contribution < 1.29 is 0 Å². The predicted octanol–water partition coefficient (Wildman–Crippen LogP) is 3.29. The van der Waals surface area contributed by atoms with Crippen molar-refractivity contribution in [3.8, 4) is 6.07 Å². The second kappa shape index (κ2) is 5.34. The van der Waals surface area contributed by atoms with Gasteiger partial charge in [-0.3, -0.25) is 0 Å². The van der Waals surface area contributed by atoms with Gasteiger partial charge in [-0.05, 0) is 36.5 Å². The highest BCUT2D eigenvalue weighted by molar-refractivity contribution is 6.30. The van der Waals surface area contributed by atoms with Crippen LogP contribution in [0.4, 0.5) is 0 Å². The second-order valence-corrected chi connectivity index (χ2v) is 4.67. The number of rotatable bonds is 5. The van der Waals surface area contributed by atoms with E-state index in [2.05, 4.69) is 23.5 Å². The molecule has 3 heteroatoms. The Hall–Kier alpha value is -1.04. The molecular formula is C13H15ClN2. The summed E-state index contributed by atoms with van der Waals surface area (Å²) in [5, 5.41) is 12.8. The Balaban J connectivity index is 2.01. The van der Waals surface area contributed by atoms with Crippen molar-refractivity contribution in [1.29, 1.82) is 5.26 Å². The molecule has 1 aliphatic carbocycles. The van der Waals surface area contributed by atoms with Crippen LogP contribution in [0.2, 0.25) is 5.02 Å². The standard InChI is InChI=1S/C13H15ClN2/c14-12-6-4-11(5-7-12)13(10-2-3-10)16-9-1-8-15/h4-7,10,13,16H,1-3,9H2. The maximum absolute atomic E-state index is 8.53. The van der Waals surface area contributed by atoms with Crippen molar-refractivity contribution >= 4 is 11.6 Å². The molecule has 1 aromatic carbocycles. The highest BCUT2D eigenvalue weighted by atomic mass is 35.5. The van der Waals surface area contributed by atoms with Crippen LogP contribution in [0.1, 0.15) is 30.9 Å². The van der Waals surface area contributed by atoms with Gasteiger partial charge in [-0.15, -0.1) is 0 Å². The molecule has 1 saturated carbocycles. The molecular weight excluding hydrogens is 220 g/mol. The first-order chi connectivity index (χ1) is 7.81. The molecule has 1 atom stereocenters. The van der Waals surface area contributed by atoms with Gasteiger partial charge < -0.3 is 5.32 Å². The van der Waals surface area contributed by atoms with Crippen LogP contribution in [0.3, 0.4) is 0 Å². The number of nitriles is 1. The fourth-order valence-corrected chi connectivity index (χ4v) is 2.07. The lowest BCUT2D eigenvalue weighted by Crippen LogP contribution is -2.23. The topological polar surface area (TPSA) is 35.8 Å². The lowest BCUT2D eigenvalue weighted by molar-refractivity contribution is 0.488. The third kappa shape index (κ3) is 2.98. The third-order valence-electron chi connectivity index (χ3n) is 2.92. The second-order valence-electron chi connectivity index (χ2n) is 4.23. The lowest BCUT2D eigenvalue weighted by atomic mass is 10.0. The SMILES string of the molecule is N#CCCNC(c1ccc(Cl)cc1)C1CC1. The number of nitrogens with one attached hydrogen (secondary N) is 1. The fraction of sp³-hybridized carbons (Fsp3) is 0.462. The normalized spacial score (nSPS) is 16.8. The molecule has 0 heterocycles. The average molecular weight is 235 g/mol. The molecule has 0 radical (unpaired) electrons. The van der Waals surface area contributed by atoms with E-state index in [1.165, 1.54) is 18.4 Å². The number of nitrogens with zero attached hydrogens (tertiary/aromatic N) is 1. The van der Waals surface area contributed by atoms with Gasteiger partial charge in [0.05, 0.1) is 6.07 Å². The molecule has 2 nitrogen and oxygen atoms in total. The summed E-state index contributed by atoms with van der Waals surface area (Å²) in [7, 11) is 0. The molecule has 1 fully saturated rings. The van der Waals surface area contributed by atoms with E-state index in [1.54, 1.807) is 0 Å². The summed E-state index contributed by atoms with van der Waals surface area (Å²) in [6.45, 7) is 0.764. The first-order valence-electron chi connectivity index (χ1n) is 5.67. The van der Waals surface area contributed by atoms with Crippen molar-refractivity contribution in [2.45, 2.75) is 25.3 Å². The smallest absolute Gasteiger partial charge is 0.0635 e. The molecule has 1 unspecified atom stereocenters. The molecule has 1 aliphatic rings. The first-order valence-corrected chi connectivity index (χ1v) is 6.05. The van der Waals surface area contributed by atoms with Crippen LogP contribution in [0.5, 0.6) is 0 Å². The molecule has 84 valence electrons. The molecule has 0 saturated heterocycles. The Morgan fingerprint density at radius 1 is 1.38 bits per heavy atom. The van der Waals surface area contributed by atoms with Crippen molar-refractivity contribution in [2.24, 2.45) is 5.92 Å². The third-order valence-corrected chi connectivity index (χ3v) is 3.18. The van der Waals surface area contributed by atoms with Crippen molar-refractivity contribution in [3.05, 3.63) is 34.9 Å². The Morgan fingerprint density at radius 3 is 2.62 bits per heavy atom. The van der Waals surface area contributed by atoms with Gasteiger partial charge in [-0.1, -0.05) is 23.7 Å². The number of hydrogen-bond acceptors (Lipinski definition) is 2. The zero-order valence-corrected chi connectivity index (χ0v) is 9.87. The first kappa shape index (κ1) is 11.4. The molecule has 16 heavy (non-hydrogen) atoms. The number of benzene rings is 1. The van der Waals surface area contributed by atoms with Gasteiger partial charge in [0.1, 0.15) is 0 Å². The summed E-state index contributed by atoms with van der Waals surface area (Å²) in [6, 6.07) is 10.6. The maximum Gasteiger partial charge on any atom is 0.0635 e. The summed E-state index contributed by atoms with van der Waals surface area (Å²) in [6.07, 6.45) is 3.14. The van der Waals surface area contributed by atoms with E-state index in [-0.39, 0.29) is 0 Å². The van der Waals surface area contributed by atoms with E-state index in [9.17, 15) is 0 Å².